The summed E-state index contributed by atoms with van der Waals surface area (Å²) in [5.74, 6) is -4.63. The second-order valence-electron chi connectivity index (χ2n) is 16.2. The van der Waals surface area contributed by atoms with Crippen LogP contribution in [0.4, 0.5) is 18.3 Å². The maximum Gasteiger partial charge on any atom is 0.534 e. The molecule has 6 aromatic carbocycles. The monoisotopic (exact) mass is 1020 g/mol. The summed E-state index contributed by atoms with van der Waals surface area (Å²) < 4.78 is 69.2. The number of hydroxylamine groups is 1. The number of amides is 2. The van der Waals surface area contributed by atoms with Crippen molar-refractivity contribution in [3.63, 3.8) is 0 Å². The minimum absolute atomic E-state index is 0.0173. The Balaban J connectivity index is 1.17. The van der Waals surface area contributed by atoms with Crippen molar-refractivity contribution in [2.75, 3.05) is 5.32 Å². The Labute approximate surface area is 414 Å². The first-order valence-electron chi connectivity index (χ1n) is 21.8. The smallest absolute Gasteiger partial charge is 0.378 e. The first-order valence-corrected chi connectivity index (χ1v) is 24.4. The van der Waals surface area contributed by atoms with Crippen LogP contribution >= 0.6 is 22.9 Å². The largest absolute Gasteiger partial charge is 0.534 e. The molecule has 13 nitrogen and oxygen atoms in total. The molecule has 9 rings (SSSR count). The van der Waals surface area contributed by atoms with Crippen molar-refractivity contribution >= 4 is 61.7 Å². The molecule has 71 heavy (non-hydrogen) atoms. The molecule has 1 aromatic heterocycles. The first-order chi connectivity index (χ1) is 34.2. The molecule has 1 saturated heterocycles. The van der Waals surface area contributed by atoms with Crippen molar-refractivity contribution in [1.82, 2.24) is 15.4 Å². The molecule has 1 fully saturated rings. The van der Waals surface area contributed by atoms with Crippen molar-refractivity contribution in [2.45, 2.75) is 42.0 Å². The zero-order valence-electron chi connectivity index (χ0n) is 37.0. The summed E-state index contributed by atoms with van der Waals surface area (Å²) in [5.41, 5.74) is -4.24. The standard InChI is InChI=1S/C52H39ClF3N5O8S2/c53-46-43(57-49(70-46)58-50(34-19-7-1-8-20-34,35-21-9-2-10-22-35)36-23-11-3-12-24-36)44(59-69-51(37-25-13-4-14-26-37,38-27-15-5-16-28-38)39-29-17-6-18-30-39)47(63)60-67-48(64)45-41(68-71(65,66)52(54,55)56)32-31-40-33-42(62)61(40)45/h1-30,40H,31-33H2,(H,57,58)(H,60,63). The number of allylic oxidation sites excluding steroid dienone is 1. The number of aromatic nitrogens is 1. The van der Waals surface area contributed by atoms with Gasteiger partial charge in [-0.25, -0.2) is 9.78 Å². The summed E-state index contributed by atoms with van der Waals surface area (Å²) in [7, 11) is -6.29. The summed E-state index contributed by atoms with van der Waals surface area (Å²) in [5, 5.41) is 8.32. The van der Waals surface area contributed by atoms with Crippen LogP contribution in [0.1, 0.15) is 58.3 Å². The highest BCUT2D eigenvalue weighted by atomic mass is 35.5. The quantitative estimate of drug-likeness (QED) is 0.0252. The topological polar surface area (TPSA) is 166 Å². The summed E-state index contributed by atoms with van der Waals surface area (Å²) in [6, 6.07) is 55.2. The van der Waals surface area contributed by atoms with Crippen molar-refractivity contribution in [2.24, 2.45) is 5.16 Å². The zero-order chi connectivity index (χ0) is 49.8. The van der Waals surface area contributed by atoms with Crippen LogP contribution in [0.3, 0.4) is 0 Å². The average molecular weight is 1020 g/mol. The lowest BCUT2D eigenvalue weighted by Gasteiger charge is -2.44. The number of nitrogens with one attached hydrogen (secondary N) is 2. The van der Waals surface area contributed by atoms with Gasteiger partial charge in [0.25, 0.3) is 0 Å². The fraction of sp³-hybridized carbons (Fsp3) is 0.135. The number of fused-ring (bicyclic) bond motifs is 1. The van der Waals surface area contributed by atoms with E-state index in [2.05, 4.69) is 14.7 Å². The predicted octanol–water partition coefficient (Wildman–Crippen LogP) is 9.96. The number of hydrogen-bond acceptors (Lipinski definition) is 12. The van der Waals surface area contributed by atoms with Gasteiger partial charge in [0.15, 0.2) is 22.3 Å². The van der Waals surface area contributed by atoms with E-state index < -0.39 is 74.2 Å². The van der Waals surface area contributed by atoms with E-state index in [1.54, 1.807) is 36.4 Å². The zero-order valence-corrected chi connectivity index (χ0v) is 39.3. The lowest BCUT2D eigenvalue weighted by Crippen LogP contribution is -2.56. The maximum absolute atomic E-state index is 14.7. The van der Waals surface area contributed by atoms with E-state index in [1.165, 1.54) is 0 Å². The fourth-order valence-corrected chi connectivity index (χ4v) is 10.3. The van der Waals surface area contributed by atoms with Crippen LogP contribution < -0.4 is 10.8 Å². The molecule has 2 aliphatic rings. The molecule has 0 saturated carbocycles. The lowest BCUT2D eigenvalue weighted by atomic mass is 9.77. The van der Waals surface area contributed by atoms with E-state index in [0.717, 1.165) is 32.9 Å². The van der Waals surface area contributed by atoms with E-state index in [9.17, 15) is 36.0 Å². The van der Waals surface area contributed by atoms with Crippen molar-refractivity contribution in [3.8, 4) is 0 Å². The number of oxime groups is 1. The Morgan fingerprint density at radius 3 is 1.56 bits per heavy atom. The molecular formula is C52H39ClF3N5O8S2. The van der Waals surface area contributed by atoms with Crippen LogP contribution in [-0.4, -0.2) is 53.3 Å². The highest BCUT2D eigenvalue weighted by Gasteiger charge is 2.52. The Morgan fingerprint density at radius 2 is 1.14 bits per heavy atom. The van der Waals surface area contributed by atoms with Crippen LogP contribution in [0.15, 0.2) is 199 Å². The summed E-state index contributed by atoms with van der Waals surface area (Å²) >= 11 is 8.05. The SMILES string of the molecule is O=C(NOC(=O)C1=C(OS(=O)(=O)C(F)(F)F)CCC2CC(=O)N12)C(=NOC(c1ccccc1)(c1ccccc1)c1ccccc1)c1nc(NC(c2ccccc2)(c2ccccc2)c2ccccc2)sc1Cl. The maximum atomic E-state index is 14.7. The van der Waals surface area contributed by atoms with Crippen LogP contribution in [0.5, 0.6) is 0 Å². The number of benzene rings is 6. The second-order valence-corrected chi connectivity index (χ2v) is 19.3. The van der Waals surface area contributed by atoms with Gasteiger partial charge in [0.1, 0.15) is 15.6 Å². The molecule has 7 aromatic rings. The number of β-lactam (4-membered cyclic amide) rings is 1. The van der Waals surface area contributed by atoms with Gasteiger partial charge in [-0.15, -0.1) is 0 Å². The lowest BCUT2D eigenvalue weighted by molar-refractivity contribution is -0.160. The molecule has 1 atom stereocenters. The number of thiazole rings is 1. The third-order valence-electron chi connectivity index (χ3n) is 11.9. The van der Waals surface area contributed by atoms with Gasteiger partial charge in [0.05, 0.1) is 0 Å². The number of hydrogen-bond donors (Lipinski definition) is 2. The van der Waals surface area contributed by atoms with E-state index in [4.69, 9.17) is 26.3 Å². The molecule has 0 aliphatic carbocycles. The molecule has 2 amide bonds. The van der Waals surface area contributed by atoms with Crippen LogP contribution in [-0.2, 0) is 49.5 Å². The Hall–Kier alpha value is -7.80. The van der Waals surface area contributed by atoms with Gasteiger partial charge in [-0.2, -0.15) is 27.1 Å². The molecular weight excluding hydrogens is 979 g/mol. The van der Waals surface area contributed by atoms with Gasteiger partial charge in [0, 0.05) is 35.6 Å². The second kappa shape index (κ2) is 19.9. The third-order valence-corrected chi connectivity index (χ3v) is 14.1. The summed E-state index contributed by atoms with van der Waals surface area (Å²) in [6.07, 6.45) is -0.582. The molecule has 360 valence electrons. The summed E-state index contributed by atoms with van der Waals surface area (Å²) in [6.45, 7) is 0. The van der Waals surface area contributed by atoms with E-state index in [-0.39, 0.29) is 28.0 Å². The molecule has 19 heteroatoms. The van der Waals surface area contributed by atoms with Gasteiger partial charge < -0.3 is 19.2 Å². The number of carbonyl (C=O) groups is 3. The number of nitrogens with zero attached hydrogens (tertiary/aromatic N) is 3. The average Bonchev–Trinajstić information content (AvgIpc) is 3.75. The molecule has 2 aliphatic heterocycles. The molecule has 1 unspecified atom stereocenters. The third kappa shape index (κ3) is 9.36. The Bertz CT molecular complexity index is 3050. The van der Waals surface area contributed by atoms with Crippen LogP contribution in [0, 0.1) is 0 Å². The minimum Gasteiger partial charge on any atom is -0.378 e. The van der Waals surface area contributed by atoms with E-state index in [1.807, 2.05) is 151 Å². The number of alkyl halides is 3. The molecule has 3 heterocycles. The van der Waals surface area contributed by atoms with Gasteiger partial charge in [-0.1, -0.05) is 210 Å². The van der Waals surface area contributed by atoms with Crippen molar-refractivity contribution < 1.29 is 49.8 Å². The predicted molar refractivity (Wildman–Crippen MR) is 259 cm³/mol. The van der Waals surface area contributed by atoms with Crippen LogP contribution in [0.25, 0.3) is 0 Å². The number of anilines is 1. The van der Waals surface area contributed by atoms with Crippen molar-refractivity contribution in [3.05, 3.63) is 237 Å². The molecule has 0 radical (unpaired) electrons. The van der Waals surface area contributed by atoms with E-state index in [0.29, 0.717) is 16.7 Å². The Morgan fingerprint density at radius 1 is 0.704 bits per heavy atom. The number of carbonyl (C=O) groups excluding carboxylic acids is 3. The molecule has 0 bridgehead atoms. The van der Waals surface area contributed by atoms with E-state index >= 15 is 0 Å². The summed E-state index contributed by atoms with van der Waals surface area (Å²) in [4.78, 5) is 58.9. The normalized spacial score (nSPS) is 15.3. The number of rotatable bonds is 15. The van der Waals surface area contributed by atoms with Crippen LogP contribution in [0.2, 0.25) is 4.34 Å². The molecule has 0 spiro atoms. The van der Waals surface area contributed by atoms with Gasteiger partial charge in [-0.05, 0) is 23.1 Å². The Kier molecular flexibility index (Phi) is 13.5. The number of halogens is 4. The van der Waals surface area contributed by atoms with Crippen molar-refractivity contribution in [1.29, 1.82) is 0 Å². The first kappa shape index (κ1) is 48.2. The van der Waals surface area contributed by atoms with Gasteiger partial charge in [0.2, 0.25) is 11.5 Å². The highest BCUT2D eigenvalue weighted by Crippen LogP contribution is 2.44. The minimum atomic E-state index is -6.29. The molecule has 2 N–H and O–H groups in total. The van der Waals surface area contributed by atoms with Gasteiger partial charge >= 0.3 is 27.5 Å². The highest BCUT2D eigenvalue weighted by molar-refractivity contribution is 7.87. The van der Waals surface area contributed by atoms with Gasteiger partial charge in [-0.3, -0.25) is 14.5 Å². The fourth-order valence-electron chi connectivity index (χ4n) is 8.66.